The molecule has 0 aliphatic carbocycles. The maximum absolute atomic E-state index is 2.42. The zero-order valence-corrected chi connectivity index (χ0v) is 79.9. The summed E-state index contributed by atoms with van der Waals surface area (Å²) in [6, 6.07) is 68.6. The summed E-state index contributed by atoms with van der Waals surface area (Å²) in [7, 11) is 0. The van der Waals surface area contributed by atoms with Gasteiger partial charge in [-0.3, -0.25) is 0 Å². The molecule has 0 atom stereocenters. The Balaban J connectivity index is 0.000000735. The Kier molecular flexibility index (Phi) is 45.3. The van der Waals surface area contributed by atoms with Gasteiger partial charge < -0.3 is 0 Å². The molecule has 0 unspecified atom stereocenters. The van der Waals surface area contributed by atoms with Crippen molar-refractivity contribution in [1.29, 1.82) is 0 Å². The molecule has 0 fully saturated rings. The molecule has 0 spiro atoms. The van der Waals surface area contributed by atoms with Crippen LogP contribution in [-0.2, 0) is 19.3 Å². The van der Waals surface area contributed by atoms with E-state index in [1.807, 2.05) is 0 Å². The van der Waals surface area contributed by atoms with E-state index >= 15 is 0 Å². The molecule has 0 saturated carbocycles. The second-order valence-electron chi connectivity index (χ2n) is 36.7. The Hall–Kier alpha value is -9.36. The minimum atomic E-state index is 0. The van der Waals surface area contributed by atoms with E-state index in [9.17, 15) is 0 Å². The van der Waals surface area contributed by atoms with E-state index in [2.05, 4.69) is 431 Å². The monoisotopic (exact) mass is 1650 g/mol. The fourth-order valence-electron chi connectivity index (χ4n) is 18.1. The molecule has 123 heavy (non-hydrogen) atoms. The van der Waals surface area contributed by atoms with Gasteiger partial charge in [-0.05, 0) is 367 Å². The predicted molar refractivity (Wildman–Crippen MR) is 564 cm³/mol. The van der Waals surface area contributed by atoms with Gasteiger partial charge in [-0.15, -0.1) is 0 Å². The number of hydrogen-bond acceptors (Lipinski definition) is 0. The molecule has 0 heterocycles. The molecule has 0 aromatic heterocycles. The predicted octanol–water partition coefficient (Wildman–Crippen LogP) is 38.8. The zero-order valence-electron chi connectivity index (χ0n) is 79.9. The van der Waals surface area contributed by atoms with Crippen LogP contribution in [0.1, 0.15) is 351 Å². The van der Waals surface area contributed by atoms with Crippen LogP contribution in [0.3, 0.4) is 0 Å². The summed E-state index contributed by atoms with van der Waals surface area (Å²) < 4.78 is 0. The van der Waals surface area contributed by atoms with E-state index in [-0.39, 0.29) is 44.6 Å². The van der Waals surface area contributed by atoms with E-state index in [0.29, 0.717) is 35.5 Å². The van der Waals surface area contributed by atoms with E-state index in [1.165, 1.54) is 234 Å². The molecular weight excluding hydrogens is 1480 g/mol. The van der Waals surface area contributed by atoms with Gasteiger partial charge in [0, 0.05) is 0 Å². The van der Waals surface area contributed by atoms with Crippen LogP contribution in [0.25, 0.3) is 66.8 Å². The Bertz CT molecular complexity index is 5020. The first kappa shape index (κ1) is 112. The van der Waals surface area contributed by atoms with Crippen molar-refractivity contribution < 1.29 is 0 Å². The van der Waals surface area contributed by atoms with Crippen LogP contribution < -0.4 is 0 Å². The number of benzene rings is 12. The molecular formula is C123H174. The van der Waals surface area contributed by atoms with Crippen molar-refractivity contribution in [3.8, 4) is 66.8 Å². The van der Waals surface area contributed by atoms with Gasteiger partial charge in [-0.25, -0.2) is 0 Å². The summed E-state index contributed by atoms with van der Waals surface area (Å²) in [6.07, 6.45) is 3.28. The summed E-state index contributed by atoms with van der Waals surface area (Å²) in [5, 5.41) is 0. The van der Waals surface area contributed by atoms with E-state index < -0.39 is 0 Å². The molecule has 0 saturated heterocycles. The van der Waals surface area contributed by atoms with E-state index in [4.69, 9.17) is 0 Å². The van der Waals surface area contributed by atoms with Gasteiger partial charge >= 0.3 is 0 Å². The van der Waals surface area contributed by atoms with Gasteiger partial charge in [-0.1, -0.05) is 397 Å². The Morgan fingerprint density at radius 1 is 0.154 bits per heavy atom. The molecule has 0 nitrogen and oxygen atoms in total. The lowest BCUT2D eigenvalue weighted by molar-refractivity contribution is 0.814. The SMILES string of the molecule is C.C.C.C.C.C.CCc1cc(C)cc(CC)c1-c1c(C)cc(C)cc1C.CCc1cc(C)ccc1-c1ccc(C)cc1C.Cc1cc(C(C)C)c(-c2c(C(C)C)cc(C)cc2C(C)C)c(C(C)C)c1.Cc1cc(C)c(-c2c(C)cc(C)cc2C)c(C)c1.Cc1ccc(-c2ccc(C)cc2C(C)C)c(C(C)C)c1.Cc1ccc(-c2ccc(C)cc2C)c(C)c1. The third kappa shape index (κ3) is 28.8. The molecule has 0 radical (unpaired) electrons. The summed E-state index contributed by atoms with van der Waals surface area (Å²) in [4.78, 5) is 0. The van der Waals surface area contributed by atoms with Crippen molar-refractivity contribution in [2.75, 3.05) is 0 Å². The molecule has 0 aliphatic rings. The maximum Gasteiger partial charge on any atom is -0.0109 e. The molecule has 0 N–H and O–H groups in total. The third-order valence-electron chi connectivity index (χ3n) is 23.5. The maximum atomic E-state index is 2.42. The van der Waals surface area contributed by atoms with Crippen molar-refractivity contribution in [1.82, 2.24) is 0 Å². The highest BCUT2D eigenvalue weighted by Crippen LogP contribution is 2.46. The molecule has 0 heteroatoms. The summed E-state index contributed by atoms with van der Waals surface area (Å²) >= 11 is 0. The van der Waals surface area contributed by atoms with Crippen LogP contribution in [0, 0.1) is 145 Å². The lowest BCUT2D eigenvalue weighted by Gasteiger charge is -2.28. The van der Waals surface area contributed by atoms with Gasteiger partial charge in [0.1, 0.15) is 0 Å². The smallest absolute Gasteiger partial charge is 0.0109 e. The van der Waals surface area contributed by atoms with Crippen molar-refractivity contribution >= 4 is 0 Å². The Morgan fingerprint density at radius 2 is 0.325 bits per heavy atom. The Labute approximate surface area is 759 Å². The fourth-order valence-corrected chi connectivity index (χ4v) is 18.1. The summed E-state index contributed by atoms with van der Waals surface area (Å²) in [5.74, 6) is 3.16. The third-order valence-corrected chi connectivity index (χ3v) is 23.5. The molecule has 0 aliphatic heterocycles. The van der Waals surface area contributed by atoms with Crippen LogP contribution in [0.4, 0.5) is 0 Å². The average molecular weight is 1650 g/mol. The number of hydrogen-bond donors (Lipinski definition) is 0. The topological polar surface area (TPSA) is 0 Å². The highest BCUT2D eigenvalue weighted by Gasteiger charge is 2.25. The fraction of sp³-hybridized carbons (Fsp3) is 0.415. The van der Waals surface area contributed by atoms with Crippen LogP contribution in [0.5, 0.6) is 0 Å². The van der Waals surface area contributed by atoms with Gasteiger partial charge in [0.15, 0.2) is 0 Å². The molecule has 0 amide bonds. The van der Waals surface area contributed by atoms with Crippen molar-refractivity contribution in [2.24, 2.45) is 0 Å². The lowest BCUT2D eigenvalue weighted by Crippen LogP contribution is -2.08. The van der Waals surface area contributed by atoms with Gasteiger partial charge in [-0.2, -0.15) is 0 Å². The van der Waals surface area contributed by atoms with Gasteiger partial charge in [0.2, 0.25) is 0 Å². The van der Waals surface area contributed by atoms with Crippen LogP contribution >= 0.6 is 0 Å². The molecule has 666 valence electrons. The van der Waals surface area contributed by atoms with Crippen molar-refractivity contribution in [3.05, 3.63) is 349 Å². The second kappa shape index (κ2) is 50.0. The van der Waals surface area contributed by atoms with Gasteiger partial charge in [0.25, 0.3) is 0 Å². The zero-order chi connectivity index (χ0) is 87.0. The number of aryl methyl sites for hydroxylation is 24. The lowest BCUT2D eigenvalue weighted by atomic mass is 9.76. The summed E-state index contributed by atoms with van der Waals surface area (Å²) in [6.45, 7) is 80.6. The highest BCUT2D eigenvalue weighted by molar-refractivity contribution is 5.82. The van der Waals surface area contributed by atoms with Crippen molar-refractivity contribution in [2.45, 2.75) is 349 Å². The minimum absolute atomic E-state index is 0. The number of rotatable bonds is 15. The second-order valence-corrected chi connectivity index (χ2v) is 36.7. The van der Waals surface area contributed by atoms with E-state index in [1.54, 1.807) is 0 Å². The normalized spacial score (nSPS) is 10.6. The Morgan fingerprint density at radius 3 is 0.561 bits per heavy atom. The molecule has 12 aromatic carbocycles. The average Bonchev–Trinajstić information content (AvgIpc) is 0.607. The van der Waals surface area contributed by atoms with Gasteiger partial charge in [0.05, 0.1) is 0 Å². The minimum Gasteiger partial charge on any atom is -0.0776 e. The molecule has 0 bridgehead atoms. The van der Waals surface area contributed by atoms with Crippen LogP contribution in [0.2, 0.25) is 0 Å². The summed E-state index contributed by atoms with van der Waals surface area (Å²) in [5.41, 5.74) is 58.9. The first-order valence-electron chi connectivity index (χ1n) is 44.2. The quantitative estimate of drug-likeness (QED) is 0.0960. The van der Waals surface area contributed by atoms with Crippen LogP contribution in [0.15, 0.2) is 182 Å². The largest absolute Gasteiger partial charge is 0.0776 e. The van der Waals surface area contributed by atoms with Crippen LogP contribution in [-0.4, -0.2) is 0 Å². The highest BCUT2D eigenvalue weighted by atomic mass is 14.3. The van der Waals surface area contributed by atoms with Crippen molar-refractivity contribution in [3.63, 3.8) is 0 Å². The first-order valence-corrected chi connectivity index (χ1v) is 44.2. The standard InChI is InChI=1S/C26H38.2C20H26.C18H22.C17H20.C16H18.6CH4/c1-15(2)21-11-19(9)12-22(16(3)4)25(21)26-23(17(5)6)13-20(10)14-24(26)18(7)8;1-13(2)19-11-15(5)7-9-17(19)18-10-8-16(6)12-20(18)14(3)4;1-7-17-11-14(4)12-18(8-2)20(17)19-15(5)9-13(3)10-16(19)6;1-11-7-13(3)17(14(4)8-11)18-15(5)9-12(2)10-16(18)6;1-5-15-11-13(3)7-9-17(15)16-8-6-12(2)10-14(16)4;1-11-5-7-15(13(3)9-11)16-8-6-12(2)10-14(16)4;;;;;;/h11-18H,1-10H3;7-14H,1-6H3;9-12H,7-8H2,1-6H3;7-10H,1-6H3;6-11H,5H2,1-4H3;5-10H,1-4H3;6*1H4. The van der Waals surface area contributed by atoms with E-state index in [0.717, 1.165) is 19.3 Å². The molecule has 12 aromatic rings. The first-order chi connectivity index (χ1) is 55.0. The molecule has 12 rings (SSSR count).